The first kappa shape index (κ1) is 22.8. The number of anilines is 2. The summed E-state index contributed by atoms with van der Waals surface area (Å²) in [6.45, 7) is 0. The van der Waals surface area contributed by atoms with Gasteiger partial charge >= 0.3 is 0 Å². The van der Waals surface area contributed by atoms with Gasteiger partial charge in [-0.3, -0.25) is 9.59 Å². The number of hydrogen-bond acceptors (Lipinski definition) is 7. The predicted molar refractivity (Wildman–Crippen MR) is 126 cm³/mol. The van der Waals surface area contributed by atoms with Crippen molar-refractivity contribution in [3.05, 3.63) is 84.2 Å². The van der Waals surface area contributed by atoms with E-state index in [2.05, 4.69) is 20.6 Å². The van der Waals surface area contributed by atoms with E-state index in [4.69, 9.17) is 9.88 Å². The fraction of sp³-hybridized carbons (Fsp3) is 0.0435. The van der Waals surface area contributed by atoms with E-state index >= 15 is 0 Å². The van der Waals surface area contributed by atoms with Crippen LogP contribution in [0.4, 0.5) is 11.4 Å². The van der Waals surface area contributed by atoms with E-state index in [1.165, 1.54) is 31.4 Å². The molecule has 0 unspecified atom stereocenters. The van der Waals surface area contributed by atoms with Gasteiger partial charge in [0.05, 0.1) is 23.0 Å². The number of methoxy groups -OCH3 is 1. The number of rotatable bonds is 6. The predicted octanol–water partition coefficient (Wildman–Crippen LogP) is 2.79. The number of hydrogen-bond donors (Lipinski definition) is 3. The van der Waals surface area contributed by atoms with Crippen molar-refractivity contribution in [2.24, 2.45) is 5.14 Å². The van der Waals surface area contributed by atoms with Crippen LogP contribution >= 0.6 is 0 Å². The minimum absolute atomic E-state index is 0.101. The molecule has 4 aromatic rings. The van der Waals surface area contributed by atoms with E-state index in [0.29, 0.717) is 22.5 Å². The van der Waals surface area contributed by atoms with Gasteiger partial charge in [0.25, 0.3) is 11.8 Å². The highest BCUT2D eigenvalue weighted by molar-refractivity contribution is 7.89. The Morgan fingerprint density at radius 2 is 1.21 bits per heavy atom. The average Bonchev–Trinajstić information content (AvgIpc) is 2.83. The van der Waals surface area contributed by atoms with Crippen LogP contribution in [0.5, 0.6) is 5.75 Å². The number of fused-ring (bicyclic) bond motifs is 1. The van der Waals surface area contributed by atoms with Gasteiger partial charge in [0.2, 0.25) is 10.0 Å². The van der Waals surface area contributed by atoms with Crippen molar-refractivity contribution in [3.63, 3.8) is 0 Å². The molecule has 0 saturated carbocycles. The summed E-state index contributed by atoms with van der Waals surface area (Å²) in [4.78, 5) is 34.7. The standard InChI is InChI=1S/C23H19N5O5S/c1-33-16-10-6-14(7-11-16)25-22(29)20-21(28-19-5-3-2-4-18(19)27-20)23(30)26-15-8-12-17(13-9-15)34(24,31)32/h2-13H,1H3,(H,25,29)(H,26,30)(H2,24,31,32). The van der Waals surface area contributed by atoms with Crippen molar-refractivity contribution in [1.82, 2.24) is 9.97 Å². The molecule has 0 aliphatic carbocycles. The first-order valence-corrected chi connectivity index (χ1v) is 11.5. The smallest absolute Gasteiger partial charge is 0.276 e. The third-order valence-corrected chi connectivity index (χ3v) is 5.72. The zero-order valence-electron chi connectivity index (χ0n) is 17.8. The molecule has 1 aromatic heterocycles. The second-order valence-corrected chi connectivity index (χ2v) is 8.68. The normalized spacial score (nSPS) is 11.1. The Hall–Kier alpha value is -4.35. The minimum atomic E-state index is -3.87. The molecule has 0 aliphatic heterocycles. The summed E-state index contributed by atoms with van der Waals surface area (Å²) in [5, 5.41) is 10.4. The maximum atomic E-state index is 13.0. The lowest BCUT2D eigenvalue weighted by Gasteiger charge is -2.11. The molecular formula is C23H19N5O5S. The van der Waals surface area contributed by atoms with E-state index in [-0.39, 0.29) is 22.0 Å². The van der Waals surface area contributed by atoms with Crippen molar-refractivity contribution in [1.29, 1.82) is 0 Å². The van der Waals surface area contributed by atoms with Crippen LogP contribution in [0.15, 0.2) is 77.7 Å². The maximum absolute atomic E-state index is 13.0. The summed E-state index contributed by atoms with van der Waals surface area (Å²) in [5.41, 5.74) is 1.27. The molecule has 0 saturated heterocycles. The number of ether oxygens (including phenoxy) is 1. The molecule has 0 radical (unpaired) electrons. The fourth-order valence-corrected chi connectivity index (χ4v) is 3.62. The van der Waals surface area contributed by atoms with E-state index in [0.717, 1.165) is 0 Å². The topological polar surface area (TPSA) is 153 Å². The number of nitrogens with one attached hydrogen (secondary N) is 2. The van der Waals surface area contributed by atoms with Crippen molar-refractivity contribution in [2.75, 3.05) is 17.7 Å². The van der Waals surface area contributed by atoms with Gasteiger partial charge in [-0.1, -0.05) is 12.1 Å². The molecule has 0 atom stereocenters. The summed E-state index contributed by atoms with van der Waals surface area (Å²) >= 11 is 0. The number of sulfonamides is 1. The van der Waals surface area contributed by atoms with Gasteiger partial charge in [-0.25, -0.2) is 23.5 Å². The van der Waals surface area contributed by atoms with Crippen LogP contribution in [0, 0.1) is 0 Å². The Bertz CT molecular complexity index is 1490. The summed E-state index contributed by atoms with van der Waals surface area (Å²) in [7, 11) is -2.34. The minimum Gasteiger partial charge on any atom is -0.497 e. The molecule has 0 spiro atoms. The van der Waals surface area contributed by atoms with E-state index in [1.54, 1.807) is 48.5 Å². The molecule has 34 heavy (non-hydrogen) atoms. The second-order valence-electron chi connectivity index (χ2n) is 7.12. The van der Waals surface area contributed by atoms with Crippen LogP contribution in [0.2, 0.25) is 0 Å². The molecule has 2 amide bonds. The summed E-state index contributed by atoms with van der Waals surface area (Å²) in [6.07, 6.45) is 0. The number of para-hydroxylation sites is 2. The van der Waals surface area contributed by atoms with Crippen LogP contribution in [0.3, 0.4) is 0 Å². The Morgan fingerprint density at radius 3 is 1.62 bits per heavy atom. The van der Waals surface area contributed by atoms with Crippen molar-refractivity contribution < 1.29 is 22.7 Å². The number of carbonyl (C=O) groups is 2. The second kappa shape index (κ2) is 9.25. The number of nitrogens with zero attached hydrogens (tertiary/aromatic N) is 2. The zero-order chi connectivity index (χ0) is 24.3. The average molecular weight is 478 g/mol. The van der Waals surface area contributed by atoms with Gasteiger partial charge in [-0.05, 0) is 60.7 Å². The van der Waals surface area contributed by atoms with Crippen LogP contribution in [0.1, 0.15) is 21.0 Å². The maximum Gasteiger partial charge on any atom is 0.276 e. The largest absolute Gasteiger partial charge is 0.497 e. The Balaban J connectivity index is 1.66. The molecular weight excluding hydrogens is 458 g/mol. The van der Waals surface area contributed by atoms with Gasteiger partial charge < -0.3 is 15.4 Å². The number of aromatic nitrogens is 2. The van der Waals surface area contributed by atoms with Crippen molar-refractivity contribution >= 4 is 44.2 Å². The number of primary sulfonamides is 1. The SMILES string of the molecule is COc1ccc(NC(=O)c2nc3ccccc3nc2C(=O)Nc2ccc(S(N)(=O)=O)cc2)cc1. The summed E-state index contributed by atoms with van der Waals surface area (Å²) < 4.78 is 28.0. The van der Waals surface area contributed by atoms with Gasteiger partial charge in [0.1, 0.15) is 5.75 Å². The van der Waals surface area contributed by atoms with Gasteiger partial charge in [0.15, 0.2) is 11.4 Å². The van der Waals surface area contributed by atoms with Crippen molar-refractivity contribution in [3.8, 4) is 5.75 Å². The molecule has 10 nitrogen and oxygen atoms in total. The lowest BCUT2D eigenvalue weighted by molar-refractivity contribution is 0.0983. The van der Waals surface area contributed by atoms with E-state index in [1.807, 2.05) is 0 Å². The van der Waals surface area contributed by atoms with Gasteiger partial charge in [0, 0.05) is 11.4 Å². The highest BCUT2D eigenvalue weighted by Gasteiger charge is 2.22. The van der Waals surface area contributed by atoms with E-state index < -0.39 is 21.8 Å². The molecule has 172 valence electrons. The molecule has 0 bridgehead atoms. The Labute approximate surface area is 194 Å². The van der Waals surface area contributed by atoms with Crippen LogP contribution < -0.4 is 20.5 Å². The number of nitrogens with two attached hydrogens (primary N) is 1. The van der Waals surface area contributed by atoms with Gasteiger partial charge in [-0.2, -0.15) is 0 Å². The van der Waals surface area contributed by atoms with Crippen LogP contribution in [-0.2, 0) is 10.0 Å². The molecule has 4 N–H and O–H groups in total. The lowest BCUT2D eigenvalue weighted by atomic mass is 10.2. The third kappa shape index (κ3) is 5.00. The Morgan fingerprint density at radius 1 is 0.765 bits per heavy atom. The fourth-order valence-electron chi connectivity index (χ4n) is 3.10. The molecule has 3 aromatic carbocycles. The van der Waals surface area contributed by atoms with E-state index in [9.17, 15) is 18.0 Å². The highest BCUT2D eigenvalue weighted by Crippen LogP contribution is 2.19. The zero-order valence-corrected chi connectivity index (χ0v) is 18.7. The first-order chi connectivity index (χ1) is 16.2. The molecule has 11 heteroatoms. The van der Waals surface area contributed by atoms with Crippen LogP contribution in [-0.4, -0.2) is 37.3 Å². The first-order valence-electron chi connectivity index (χ1n) is 9.91. The number of amides is 2. The highest BCUT2D eigenvalue weighted by atomic mass is 32.2. The van der Waals surface area contributed by atoms with Gasteiger partial charge in [-0.15, -0.1) is 0 Å². The lowest BCUT2D eigenvalue weighted by Crippen LogP contribution is -2.23. The summed E-state index contributed by atoms with van der Waals surface area (Å²) in [5.74, 6) is -0.698. The monoisotopic (exact) mass is 477 g/mol. The number of benzene rings is 3. The molecule has 0 fully saturated rings. The van der Waals surface area contributed by atoms with Crippen molar-refractivity contribution in [2.45, 2.75) is 4.90 Å². The quantitative estimate of drug-likeness (QED) is 0.386. The number of carbonyl (C=O) groups excluding carboxylic acids is 2. The van der Waals surface area contributed by atoms with Crippen LogP contribution in [0.25, 0.3) is 11.0 Å². The molecule has 4 rings (SSSR count). The molecule has 0 aliphatic rings. The molecule has 1 heterocycles. The third-order valence-electron chi connectivity index (χ3n) is 4.79. The summed E-state index contributed by atoms with van der Waals surface area (Å²) in [6, 6.07) is 18.8. The Kier molecular flexibility index (Phi) is 6.21.